The van der Waals surface area contributed by atoms with Gasteiger partial charge in [0.2, 0.25) is 6.79 Å². The fourth-order valence-electron chi connectivity index (χ4n) is 1.92. The van der Waals surface area contributed by atoms with Gasteiger partial charge in [-0.2, -0.15) is 0 Å². The van der Waals surface area contributed by atoms with Gasteiger partial charge in [0, 0.05) is 5.56 Å². The van der Waals surface area contributed by atoms with E-state index in [0.717, 1.165) is 28.2 Å². The van der Waals surface area contributed by atoms with Crippen molar-refractivity contribution >= 4 is 0 Å². The molecule has 2 heteroatoms. The van der Waals surface area contributed by atoms with Gasteiger partial charge < -0.3 is 9.47 Å². The summed E-state index contributed by atoms with van der Waals surface area (Å²) in [7, 11) is 0. The fraction of sp³-hybridized carbons (Fsp3) is 0.0667. The predicted octanol–water partition coefficient (Wildman–Crippen LogP) is 3.06. The molecule has 0 saturated heterocycles. The third-order valence-corrected chi connectivity index (χ3v) is 2.77. The second-order valence-corrected chi connectivity index (χ2v) is 3.76. The van der Waals surface area contributed by atoms with E-state index in [4.69, 9.17) is 15.9 Å². The molecule has 0 N–H and O–H groups in total. The third-order valence-electron chi connectivity index (χ3n) is 2.77. The Bertz CT molecular complexity index is 609. The van der Waals surface area contributed by atoms with Crippen molar-refractivity contribution in [2.24, 2.45) is 0 Å². The summed E-state index contributed by atoms with van der Waals surface area (Å²) in [5, 5.41) is 0. The summed E-state index contributed by atoms with van der Waals surface area (Å²) in [6, 6.07) is 13.7. The first-order chi connectivity index (χ1) is 8.38. The van der Waals surface area contributed by atoms with Crippen molar-refractivity contribution < 1.29 is 9.47 Å². The largest absolute Gasteiger partial charge is 0.454 e. The second kappa shape index (κ2) is 3.88. The fourth-order valence-corrected chi connectivity index (χ4v) is 1.92. The van der Waals surface area contributed by atoms with Crippen LogP contribution in [0, 0.1) is 12.3 Å². The highest BCUT2D eigenvalue weighted by Gasteiger charge is 2.14. The van der Waals surface area contributed by atoms with E-state index in [9.17, 15) is 0 Å². The quantitative estimate of drug-likeness (QED) is 0.690. The van der Waals surface area contributed by atoms with Crippen molar-refractivity contribution in [1.82, 2.24) is 0 Å². The SMILES string of the molecule is C#Cc1ccccc1-c1ccc2c(c1)OCO2. The summed E-state index contributed by atoms with van der Waals surface area (Å²) < 4.78 is 10.6. The molecule has 0 bridgehead atoms. The van der Waals surface area contributed by atoms with Gasteiger partial charge in [0.25, 0.3) is 0 Å². The number of hydrogen-bond donors (Lipinski definition) is 0. The Morgan fingerprint density at radius 3 is 2.71 bits per heavy atom. The van der Waals surface area contributed by atoms with E-state index >= 15 is 0 Å². The monoisotopic (exact) mass is 222 g/mol. The van der Waals surface area contributed by atoms with Crippen LogP contribution in [0.1, 0.15) is 5.56 Å². The molecule has 82 valence electrons. The molecule has 0 aromatic heterocycles. The standard InChI is InChI=1S/C15H10O2/c1-2-11-5-3-4-6-13(11)12-7-8-14-15(9-12)17-10-16-14/h1,3-9H,10H2. The molecular weight excluding hydrogens is 212 g/mol. The molecule has 3 rings (SSSR count). The van der Waals surface area contributed by atoms with Gasteiger partial charge in [-0.05, 0) is 29.3 Å². The van der Waals surface area contributed by atoms with Crippen LogP contribution in [0.4, 0.5) is 0 Å². The van der Waals surface area contributed by atoms with E-state index in [0.29, 0.717) is 0 Å². The molecule has 0 radical (unpaired) electrons. The van der Waals surface area contributed by atoms with Crippen LogP contribution in [-0.4, -0.2) is 6.79 Å². The first-order valence-electron chi connectivity index (χ1n) is 5.34. The molecule has 0 fully saturated rings. The van der Waals surface area contributed by atoms with Gasteiger partial charge in [-0.1, -0.05) is 30.2 Å². The average Bonchev–Trinajstić information content (AvgIpc) is 2.85. The van der Waals surface area contributed by atoms with Crippen LogP contribution in [-0.2, 0) is 0 Å². The molecule has 0 spiro atoms. The molecule has 0 saturated carbocycles. The lowest BCUT2D eigenvalue weighted by atomic mass is 10.00. The van der Waals surface area contributed by atoms with Crippen molar-refractivity contribution in [2.45, 2.75) is 0 Å². The molecule has 2 aromatic carbocycles. The van der Waals surface area contributed by atoms with E-state index < -0.39 is 0 Å². The van der Waals surface area contributed by atoms with Crippen molar-refractivity contribution in [2.75, 3.05) is 6.79 Å². The van der Waals surface area contributed by atoms with Crippen LogP contribution in [0.2, 0.25) is 0 Å². The smallest absolute Gasteiger partial charge is 0.231 e. The summed E-state index contributed by atoms with van der Waals surface area (Å²) in [5.74, 6) is 4.25. The lowest BCUT2D eigenvalue weighted by Gasteiger charge is -2.05. The molecule has 0 aliphatic carbocycles. The Morgan fingerprint density at radius 1 is 1.00 bits per heavy atom. The van der Waals surface area contributed by atoms with Gasteiger partial charge in [-0.25, -0.2) is 0 Å². The zero-order chi connectivity index (χ0) is 11.7. The van der Waals surface area contributed by atoms with Crippen LogP contribution in [0.15, 0.2) is 42.5 Å². The zero-order valence-corrected chi connectivity index (χ0v) is 9.14. The first kappa shape index (κ1) is 9.80. The molecule has 1 aliphatic heterocycles. The molecule has 2 aromatic rings. The summed E-state index contributed by atoms with van der Waals surface area (Å²) >= 11 is 0. The van der Waals surface area contributed by atoms with Crippen LogP contribution in [0.3, 0.4) is 0 Å². The molecule has 0 unspecified atom stereocenters. The summed E-state index contributed by atoms with van der Waals surface area (Å²) in [6.07, 6.45) is 5.49. The lowest BCUT2D eigenvalue weighted by molar-refractivity contribution is 0.174. The number of terminal acetylenes is 1. The molecule has 0 amide bonds. The van der Waals surface area contributed by atoms with Crippen LogP contribution in [0.25, 0.3) is 11.1 Å². The van der Waals surface area contributed by atoms with Crippen LogP contribution >= 0.6 is 0 Å². The van der Waals surface area contributed by atoms with E-state index in [1.807, 2.05) is 42.5 Å². The molecule has 2 nitrogen and oxygen atoms in total. The normalized spacial score (nSPS) is 12.2. The van der Waals surface area contributed by atoms with Gasteiger partial charge in [0.15, 0.2) is 11.5 Å². The summed E-state index contributed by atoms with van der Waals surface area (Å²) in [4.78, 5) is 0. The van der Waals surface area contributed by atoms with E-state index in [2.05, 4.69) is 5.92 Å². The minimum atomic E-state index is 0.287. The Labute approximate surface area is 99.8 Å². The Hall–Kier alpha value is -2.40. The topological polar surface area (TPSA) is 18.5 Å². The van der Waals surface area contributed by atoms with Crippen molar-refractivity contribution in [3.63, 3.8) is 0 Å². The van der Waals surface area contributed by atoms with E-state index in [1.165, 1.54) is 0 Å². The number of rotatable bonds is 1. The Kier molecular flexibility index (Phi) is 2.23. The maximum Gasteiger partial charge on any atom is 0.231 e. The number of ether oxygens (including phenoxy) is 2. The minimum absolute atomic E-state index is 0.287. The van der Waals surface area contributed by atoms with E-state index in [1.54, 1.807) is 0 Å². The molecule has 0 atom stereocenters. The highest BCUT2D eigenvalue weighted by Crippen LogP contribution is 2.36. The van der Waals surface area contributed by atoms with Crippen LogP contribution in [0.5, 0.6) is 11.5 Å². The molecular formula is C15H10O2. The highest BCUT2D eigenvalue weighted by molar-refractivity contribution is 5.73. The predicted molar refractivity (Wildman–Crippen MR) is 65.9 cm³/mol. The van der Waals surface area contributed by atoms with Gasteiger partial charge >= 0.3 is 0 Å². The average molecular weight is 222 g/mol. The minimum Gasteiger partial charge on any atom is -0.454 e. The maximum absolute atomic E-state index is 5.49. The van der Waals surface area contributed by atoms with E-state index in [-0.39, 0.29) is 6.79 Å². The number of fused-ring (bicyclic) bond motifs is 1. The Balaban J connectivity index is 2.13. The van der Waals surface area contributed by atoms with Crippen molar-refractivity contribution in [3.8, 4) is 35.0 Å². The second-order valence-electron chi connectivity index (χ2n) is 3.76. The lowest BCUT2D eigenvalue weighted by Crippen LogP contribution is -1.92. The van der Waals surface area contributed by atoms with Crippen molar-refractivity contribution in [3.05, 3.63) is 48.0 Å². The van der Waals surface area contributed by atoms with Gasteiger partial charge in [-0.15, -0.1) is 6.42 Å². The van der Waals surface area contributed by atoms with Crippen molar-refractivity contribution in [1.29, 1.82) is 0 Å². The first-order valence-corrected chi connectivity index (χ1v) is 5.34. The molecule has 1 aliphatic rings. The molecule has 1 heterocycles. The number of benzene rings is 2. The number of hydrogen-bond acceptors (Lipinski definition) is 2. The third kappa shape index (κ3) is 1.62. The Morgan fingerprint density at radius 2 is 1.82 bits per heavy atom. The zero-order valence-electron chi connectivity index (χ0n) is 9.14. The maximum atomic E-state index is 5.49. The molecule has 17 heavy (non-hydrogen) atoms. The van der Waals surface area contributed by atoms with Gasteiger partial charge in [0.05, 0.1) is 0 Å². The van der Waals surface area contributed by atoms with Gasteiger partial charge in [0.1, 0.15) is 0 Å². The summed E-state index contributed by atoms with van der Waals surface area (Å²) in [6.45, 7) is 0.287. The van der Waals surface area contributed by atoms with Gasteiger partial charge in [-0.3, -0.25) is 0 Å². The highest BCUT2D eigenvalue weighted by atomic mass is 16.7. The summed E-state index contributed by atoms with van der Waals surface area (Å²) in [5.41, 5.74) is 2.96. The van der Waals surface area contributed by atoms with Crippen LogP contribution < -0.4 is 9.47 Å².